The van der Waals surface area contributed by atoms with Gasteiger partial charge in [0, 0.05) is 23.5 Å². The summed E-state index contributed by atoms with van der Waals surface area (Å²) < 4.78 is 2.18. The molecule has 0 aliphatic rings. The van der Waals surface area contributed by atoms with Gasteiger partial charge in [-0.3, -0.25) is 0 Å². The quantitative estimate of drug-likeness (QED) is 0.800. The number of nitrogens with two attached hydrogens (primary N) is 1. The number of aryl methyl sites for hydroxylation is 1. The highest BCUT2D eigenvalue weighted by Crippen LogP contribution is 2.28. The van der Waals surface area contributed by atoms with Gasteiger partial charge in [-0.25, -0.2) is 9.97 Å². The van der Waals surface area contributed by atoms with Crippen LogP contribution in [0.4, 0.5) is 0 Å². The van der Waals surface area contributed by atoms with Crippen molar-refractivity contribution in [2.24, 2.45) is 5.73 Å². The number of halogens is 1. The lowest BCUT2D eigenvalue weighted by molar-refractivity contribution is 0.702. The van der Waals surface area contributed by atoms with Crippen LogP contribution in [-0.2, 0) is 13.1 Å². The first-order chi connectivity index (χ1) is 9.72. The number of fused-ring (bicyclic) bond motifs is 1. The molecule has 0 unspecified atom stereocenters. The zero-order valence-electron chi connectivity index (χ0n) is 11.1. The van der Waals surface area contributed by atoms with Gasteiger partial charge in [0.1, 0.15) is 10.7 Å². The Kier molecular flexibility index (Phi) is 3.74. The summed E-state index contributed by atoms with van der Waals surface area (Å²) in [7, 11) is 0. The van der Waals surface area contributed by atoms with Crippen LogP contribution in [0.2, 0.25) is 5.02 Å². The van der Waals surface area contributed by atoms with E-state index in [1.165, 1.54) is 0 Å². The maximum Gasteiger partial charge on any atom is 0.160 e. The Bertz CT molecular complexity index is 747. The predicted molar refractivity (Wildman–Crippen MR) is 84.0 cm³/mol. The standard InChI is InChI=1S/C14H15ClN4S/c1-2-5-19-12-6-9(15)3-4-10(12)18-14(19)11-8-20-13(7-16)17-11/h3-4,6,8H,2,5,7,16H2,1H3. The minimum atomic E-state index is 0.463. The van der Waals surface area contributed by atoms with E-state index >= 15 is 0 Å². The van der Waals surface area contributed by atoms with Crippen molar-refractivity contribution in [2.45, 2.75) is 26.4 Å². The monoisotopic (exact) mass is 306 g/mol. The lowest BCUT2D eigenvalue weighted by Crippen LogP contribution is -2.00. The van der Waals surface area contributed by atoms with E-state index in [0.717, 1.165) is 45.5 Å². The molecule has 1 aromatic carbocycles. The summed E-state index contributed by atoms with van der Waals surface area (Å²) in [5.74, 6) is 0.889. The predicted octanol–water partition coefficient (Wildman–Crippen LogP) is 3.68. The Balaban J connectivity index is 2.20. The van der Waals surface area contributed by atoms with E-state index in [1.807, 2.05) is 23.6 Å². The third-order valence-corrected chi connectivity index (χ3v) is 4.22. The Morgan fingerprint density at radius 3 is 2.90 bits per heavy atom. The maximum absolute atomic E-state index is 6.10. The molecule has 3 rings (SSSR count). The summed E-state index contributed by atoms with van der Waals surface area (Å²) in [5, 5.41) is 3.66. The van der Waals surface area contributed by atoms with Gasteiger partial charge in [-0.2, -0.15) is 0 Å². The molecule has 6 heteroatoms. The topological polar surface area (TPSA) is 56.7 Å². The lowest BCUT2D eigenvalue weighted by Gasteiger charge is -2.05. The zero-order valence-corrected chi connectivity index (χ0v) is 12.7. The summed E-state index contributed by atoms with van der Waals surface area (Å²) >= 11 is 7.67. The van der Waals surface area contributed by atoms with Crippen molar-refractivity contribution in [1.29, 1.82) is 0 Å². The minimum Gasteiger partial charge on any atom is -0.325 e. The van der Waals surface area contributed by atoms with E-state index in [0.29, 0.717) is 6.54 Å². The molecule has 0 amide bonds. The number of benzene rings is 1. The highest BCUT2D eigenvalue weighted by atomic mass is 35.5. The van der Waals surface area contributed by atoms with Crippen molar-refractivity contribution < 1.29 is 0 Å². The van der Waals surface area contributed by atoms with E-state index in [1.54, 1.807) is 11.3 Å². The largest absolute Gasteiger partial charge is 0.325 e. The molecule has 3 aromatic rings. The molecule has 0 spiro atoms. The first-order valence-electron chi connectivity index (χ1n) is 6.53. The van der Waals surface area contributed by atoms with Gasteiger partial charge in [-0.15, -0.1) is 11.3 Å². The molecule has 0 atom stereocenters. The third-order valence-electron chi connectivity index (χ3n) is 3.11. The average Bonchev–Trinajstić information content (AvgIpc) is 3.04. The molecule has 0 saturated carbocycles. The summed E-state index contributed by atoms with van der Waals surface area (Å²) in [4.78, 5) is 9.23. The van der Waals surface area contributed by atoms with E-state index in [2.05, 4.69) is 16.5 Å². The van der Waals surface area contributed by atoms with Crippen LogP contribution in [0.25, 0.3) is 22.6 Å². The fourth-order valence-electron chi connectivity index (χ4n) is 2.25. The minimum absolute atomic E-state index is 0.463. The molecular weight excluding hydrogens is 292 g/mol. The van der Waals surface area contributed by atoms with Gasteiger partial charge in [0.2, 0.25) is 0 Å². The number of aromatic nitrogens is 3. The van der Waals surface area contributed by atoms with Crippen molar-refractivity contribution in [1.82, 2.24) is 14.5 Å². The second-order valence-corrected chi connectivity index (χ2v) is 5.93. The van der Waals surface area contributed by atoms with Crippen LogP contribution in [0.5, 0.6) is 0 Å². The molecule has 0 aliphatic heterocycles. The smallest absolute Gasteiger partial charge is 0.160 e. The highest BCUT2D eigenvalue weighted by molar-refractivity contribution is 7.09. The number of imidazole rings is 1. The van der Waals surface area contributed by atoms with Crippen molar-refractivity contribution in [3.05, 3.63) is 33.6 Å². The molecule has 104 valence electrons. The molecule has 0 radical (unpaired) electrons. The summed E-state index contributed by atoms with van der Waals surface area (Å²) in [5.41, 5.74) is 8.52. The first-order valence-corrected chi connectivity index (χ1v) is 7.79. The fourth-order valence-corrected chi connectivity index (χ4v) is 3.07. The van der Waals surface area contributed by atoms with E-state index < -0.39 is 0 Å². The average molecular weight is 307 g/mol. The number of hydrogen-bond acceptors (Lipinski definition) is 4. The number of hydrogen-bond donors (Lipinski definition) is 1. The van der Waals surface area contributed by atoms with Crippen molar-refractivity contribution in [2.75, 3.05) is 0 Å². The molecule has 0 fully saturated rings. The Morgan fingerprint density at radius 1 is 1.35 bits per heavy atom. The van der Waals surface area contributed by atoms with E-state index in [9.17, 15) is 0 Å². The number of rotatable bonds is 4. The molecule has 20 heavy (non-hydrogen) atoms. The van der Waals surface area contributed by atoms with Gasteiger partial charge in [-0.1, -0.05) is 18.5 Å². The Labute approximate surface area is 126 Å². The number of thiazole rings is 1. The Hall–Kier alpha value is -1.43. The van der Waals surface area contributed by atoms with Gasteiger partial charge in [0.15, 0.2) is 5.82 Å². The van der Waals surface area contributed by atoms with Gasteiger partial charge >= 0.3 is 0 Å². The Morgan fingerprint density at radius 2 is 2.20 bits per heavy atom. The van der Waals surface area contributed by atoms with Crippen molar-refractivity contribution >= 4 is 34.0 Å². The van der Waals surface area contributed by atoms with Gasteiger partial charge < -0.3 is 10.3 Å². The van der Waals surface area contributed by atoms with Crippen LogP contribution in [0, 0.1) is 0 Å². The van der Waals surface area contributed by atoms with E-state index in [-0.39, 0.29) is 0 Å². The summed E-state index contributed by atoms with van der Waals surface area (Å²) in [6.45, 7) is 3.50. The second kappa shape index (κ2) is 5.52. The van der Waals surface area contributed by atoms with Gasteiger partial charge in [0.25, 0.3) is 0 Å². The molecule has 2 N–H and O–H groups in total. The molecule has 4 nitrogen and oxygen atoms in total. The van der Waals surface area contributed by atoms with Crippen molar-refractivity contribution in [3.8, 4) is 11.5 Å². The molecule has 0 saturated heterocycles. The lowest BCUT2D eigenvalue weighted by atomic mass is 10.3. The third kappa shape index (κ3) is 2.32. The SMILES string of the molecule is CCCn1c(-c2csc(CN)n2)nc2ccc(Cl)cc21. The van der Waals surface area contributed by atoms with Crippen LogP contribution in [0.15, 0.2) is 23.6 Å². The maximum atomic E-state index is 6.10. The van der Waals surface area contributed by atoms with Crippen molar-refractivity contribution in [3.63, 3.8) is 0 Å². The molecular formula is C14H15ClN4S. The molecule has 2 aromatic heterocycles. The molecule has 2 heterocycles. The number of nitrogens with zero attached hydrogens (tertiary/aromatic N) is 3. The summed E-state index contributed by atoms with van der Waals surface area (Å²) in [6.07, 6.45) is 1.03. The fraction of sp³-hybridized carbons (Fsp3) is 0.286. The highest BCUT2D eigenvalue weighted by Gasteiger charge is 2.15. The normalized spacial score (nSPS) is 11.3. The molecule has 0 aliphatic carbocycles. The van der Waals surface area contributed by atoms with Crippen LogP contribution in [-0.4, -0.2) is 14.5 Å². The van der Waals surface area contributed by atoms with Crippen LogP contribution < -0.4 is 5.73 Å². The van der Waals surface area contributed by atoms with Gasteiger partial charge in [0.05, 0.1) is 11.0 Å². The first kappa shape index (κ1) is 13.5. The van der Waals surface area contributed by atoms with Crippen LogP contribution in [0.3, 0.4) is 0 Å². The second-order valence-electron chi connectivity index (χ2n) is 4.55. The van der Waals surface area contributed by atoms with E-state index in [4.69, 9.17) is 22.3 Å². The van der Waals surface area contributed by atoms with Crippen LogP contribution in [0.1, 0.15) is 18.4 Å². The summed E-state index contributed by atoms with van der Waals surface area (Å²) in [6, 6.07) is 5.77. The van der Waals surface area contributed by atoms with Crippen LogP contribution >= 0.6 is 22.9 Å². The molecule has 0 bridgehead atoms. The zero-order chi connectivity index (χ0) is 14.1. The van der Waals surface area contributed by atoms with Gasteiger partial charge in [-0.05, 0) is 24.6 Å².